The van der Waals surface area contributed by atoms with Crippen molar-refractivity contribution in [3.8, 4) is 0 Å². The normalized spacial score (nSPS) is 26.4. The average molecular weight is 310 g/mol. The van der Waals surface area contributed by atoms with Crippen LogP contribution in [0, 0.1) is 11.8 Å². The molecule has 22 heavy (non-hydrogen) atoms. The summed E-state index contributed by atoms with van der Waals surface area (Å²) >= 11 is 0. The van der Waals surface area contributed by atoms with E-state index in [4.69, 9.17) is 5.11 Å². The number of hydrogen-bond acceptors (Lipinski definition) is 3. The summed E-state index contributed by atoms with van der Waals surface area (Å²) in [4.78, 5) is 23.8. The summed E-state index contributed by atoms with van der Waals surface area (Å²) in [5, 5.41) is 14.8. The van der Waals surface area contributed by atoms with Gasteiger partial charge in [0.2, 0.25) is 11.8 Å². The Morgan fingerprint density at radius 1 is 0.864 bits per heavy atom. The van der Waals surface area contributed by atoms with Crippen LogP contribution in [0.3, 0.4) is 0 Å². The van der Waals surface area contributed by atoms with Gasteiger partial charge in [-0.05, 0) is 50.4 Å². The predicted molar refractivity (Wildman–Crippen MR) is 85.2 cm³/mol. The van der Waals surface area contributed by atoms with E-state index in [1.807, 2.05) is 0 Å². The number of rotatable bonds is 6. The van der Waals surface area contributed by atoms with Gasteiger partial charge in [0.25, 0.3) is 0 Å². The van der Waals surface area contributed by atoms with Crippen molar-refractivity contribution in [3.05, 3.63) is 0 Å². The Labute approximate surface area is 133 Å². The highest BCUT2D eigenvalue weighted by Crippen LogP contribution is 2.26. The molecule has 0 aromatic carbocycles. The molecule has 126 valence electrons. The second-order valence-corrected chi connectivity index (χ2v) is 6.95. The topological polar surface area (TPSA) is 78.4 Å². The molecule has 0 unspecified atom stereocenters. The maximum atomic E-state index is 11.9. The number of aliphatic hydroxyl groups excluding tert-OH is 1. The molecule has 0 heterocycles. The van der Waals surface area contributed by atoms with E-state index in [1.165, 1.54) is 19.3 Å². The van der Waals surface area contributed by atoms with Crippen LogP contribution in [0.2, 0.25) is 0 Å². The van der Waals surface area contributed by atoms with Gasteiger partial charge in [0.1, 0.15) is 0 Å². The van der Waals surface area contributed by atoms with Crippen molar-refractivity contribution in [1.29, 1.82) is 0 Å². The summed E-state index contributed by atoms with van der Waals surface area (Å²) < 4.78 is 0. The number of hydrogen-bond donors (Lipinski definition) is 3. The van der Waals surface area contributed by atoms with Crippen LogP contribution in [0.15, 0.2) is 0 Å². The van der Waals surface area contributed by atoms with Gasteiger partial charge in [-0.1, -0.05) is 19.3 Å². The van der Waals surface area contributed by atoms with Gasteiger partial charge in [-0.3, -0.25) is 9.59 Å². The molecule has 0 radical (unpaired) electrons. The summed E-state index contributed by atoms with van der Waals surface area (Å²) in [6.45, 7) is 0.337. The summed E-state index contributed by atoms with van der Waals surface area (Å²) in [5.41, 5.74) is 0. The molecule has 2 fully saturated rings. The fraction of sp³-hybridized carbons (Fsp3) is 0.882. The smallest absolute Gasteiger partial charge is 0.239 e. The van der Waals surface area contributed by atoms with Gasteiger partial charge in [0.15, 0.2) is 0 Å². The number of aliphatic hydroxyl groups is 1. The largest absolute Gasteiger partial charge is 0.396 e. The molecule has 2 saturated carbocycles. The number of carbonyl (C=O) groups excluding carboxylic acids is 2. The molecule has 5 heteroatoms. The van der Waals surface area contributed by atoms with Crippen LogP contribution in [0.25, 0.3) is 0 Å². The van der Waals surface area contributed by atoms with Crippen molar-refractivity contribution in [2.45, 2.75) is 70.3 Å². The molecular formula is C17H30N2O3. The fourth-order valence-electron chi connectivity index (χ4n) is 3.67. The maximum absolute atomic E-state index is 11.9. The van der Waals surface area contributed by atoms with E-state index in [-0.39, 0.29) is 31.0 Å². The molecule has 0 aromatic heterocycles. The zero-order chi connectivity index (χ0) is 15.8. The Balaban J connectivity index is 1.58. The van der Waals surface area contributed by atoms with Crippen LogP contribution in [-0.2, 0) is 9.59 Å². The second kappa shape index (κ2) is 9.13. The Hall–Kier alpha value is -1.10. The Morgan fingerprint density at radius 2 is 1.55 bits per heavy atom. The third-order valence-corrected chi connectivity index (χ3v) is 5.11. The fourth-order valence-corrected chi connectivity index (χ4v) is 3.67. The van der Waals surface area contributed by atoms with Gasteiger partial charge in [-0.25, -0.2) is 0 Å². The maximum Gasteiger partial charge on any atom is 0.239 e. The van der Waals surface area contributed by atoms with Gasteiger partial charge in [0, 0.05) is 19.1 Å². The van der Waals surface area contributed by atoms with Crippen molar-refractivity contribution < 1.29 is 14.7 Å². The molecule has 5 nitrogen and oxygen atoms in total. The zero-order valence-corrected chi connectivity index (χ0v) is 13.5. The van der Waals surface area contributed by atoms with Crippen LogP contribution in [0.5, 0.6) is 0 Å². The molecule has 2 aliphatic rings. The molecule has 2 amide bonds. The third kappa shape index (κ3) is 5.95. The van der Waals surface area contributed by atoms with Crippen LogP contribution in [0.4, 0.5) is 0 Å². The molecule has 0 saturated heterocycles. The minimum Gasteiger partial charge on any atom is -0.396 e. The standard InChI is InChI=1S/C17H30N2O3/c20-12-14-6-8-15(9-7-14)19-17(22)11-18-16(21)10-13-4-2-1-3-5-13/h13-15,20H,1-12H2,(H,18,21)(H,19,22). The van der Waals surface area contributed by atoms with E-state index in [2.05, 4.69) is 10.6 Å². The van der Waals surface area contributed by atoms with E-state index >= 15 is 0 Å². The summed E-state index contributed by atoms with van der Waals surface area (Å²) in [6, 6.07) is 0.200. The number of nitrogens with one attached hydrogen (secondary N) is 2. The highest BCUT2D eigenvalue weighted by Gasteiger charge is 2.22. The van der Waals surface area contributed by atoms with Crippen LogP contribution in [-0.4, -0.2) is 36.1 Å². The Kier molecular flexibility index (Phi) is 7.16. The lowest BCUT2D eigenvalue weighted by molar-refractivity contribution is -0.127. The molecule has 0 aliphatic heterocycles. The molecule has 2 aliphatic carbocycles. The lowest BCUT2D eigenvalue weighted by Gasteiger charge is -2.28. The molecule has 3 N–H and O–H groups in total. The average Bonchev–Trinajstić information content (AvgIpc) is 2.55. The first kappa shape index (κ1) is 17.3. The summed E-state index contributed by atoms with van der Waals surface area (Å²) in [6.07, 6.45) is 10.4. The third-order valence-electron chi connectivity index (χ3n) is 5.11. The molecule has 0 aromatic rings. The SMILES string of the molecule is O=C(CC1CCCCC1)NCC(=O)NC1CCC(CO)CC1. The molecule has 2 rings (SSSR count). The molecule has 0 atom stereocenters. The Bertz CT molecular complexity index is 359. The minimum absolute atomic E-state index is 0.00559. The van der Waals surface area contributed by atoms with Crippen molar-refractivity contribution in [2.75, 3.05) is 13.2 Å². The highest BCUT2D eigenvalue weighted by atomic mass is 16.3. The van der Waals surface area contributed by atoms with Gasteiger partial charge in [-0.2, -0.15) is 0 Å². The van der Waals surface area contributed by atoms with Crippen molar-refractivity contribution in [3.63, 3.8) is 0 Å². The van der Waals surface area contributed by atoms with E-state index < -0.39 is 0 Å². The van der Waals surface area contributed by atoms with Crippen molar-refractivity contribution >= 4 is 11.8 Å². The number of carbonyl (C=O) groups is 2. The second-order valence-electron chi connectivity index (χ2n) is 6.95. The lowest BCUT2D eigenvalue weighted by Crippen LogP contribution is -2.43. The van der Waals surface area contributed by atoms with Gasteiger partial charge < -0.3 is 15.7 Å². The van der Waals surface area contributed by atoms with E-state index in [9.17, 15) is 9.59 Å². The quantitative estimate of drug-likeness (QED) is 0.699. The zero-order valence-electron chi connectivity index (χ0n) is 13.5. The van der Waals surface area contributed by atoms with E-state index in [1.54, 1.807) is 0 Å². The van der Waals surface area contributed by atoms with Crippen LogP contribution in [0.1, 0.15) is 64.2 Å². The van der Waals surface area contributed by atoms with Gasteiger partial charge in [-0.15, -0.1) is 0 Å². The van der Waals surface area contributed by atoms with Crippen LogP contribution >= 0.6 is 0 Å². The van der Waals surface area contributed by atoms with Gasteiger partial charge in [0.05, 0.1) is 6.54 Å². The minimum atomic E-state index is -0.0931. The summed E-state index contributed by atoms with van der Waals surface area (Å²) in [5.74, 6) is 0.810. The first-order chi connectivity index (χ1) is 10.7. The van der Waals surface area contributed by atoms with Gasteiger partial charge >= 0.3 is 0 Å². The molecule has 0 spiro atoms. The lowest BCUT2D eigenvalue weighted by atomic mass is 9.86. The first-order valence-electron chi connectivity index (χ1n) is 8.84. The summed E-state index contributed by atoms with van der Waals surface area (Å²) in [7, 11) is 0. The Morgan fingerprint density at radius 3 is 2.18 bits per heavy atom. The van der Waals surface area contributed by atoms with Crippen molar-refractivity contribution in [2.24, 2.45) is 11.8 Å². The van der Waals surface area contributed by atoms with E-state index in [0.29, 0.717) is 18.3 Å². The highest BCUT2D eigenvalue weighted by molar-refractivity contribution is 5.84. The number of amides is 2. The van der Waals surface area contributed by atoms with Crippen molar-refractivity contribution in [1.82, 2.24) is 10.6 Å². The molecular weight excluding hydrogens is 280 g/mol. The van der Waals surface area contributed by atoms with E-state index in [0.717, 1.165) is 38.5 Å². The van der Waals surface area contributed by atoms with Crippen LogP contribution < -0.4 is 10.6 Å². The monoisotopic (exact) mass is 310 g/mol. The first-order valence-corrected chi connectivity index (χ1v) is 8.84. The predicted octanol–water partition coefficient (Wildman–Crippen LogP) is 1.74. The molecule has 0 bridgehead atoms.